The summed E-state index contributed by atoms with van der Waals surface area (Å²) in [5.74, 6) is 0.793. The molecule has 0 aromatic heterocycles. The molecule has 2 aromatic rings. The van der Waals surface area contributed by atoms with E-state index in [1.54, 1.807) is 0 Å². The summed E-state index contributed by atoms with van der Waals surface area (Å²) in [4.78, 5) is 14.2. The minimum absolute atomic E-state index is 0.00453. The maximum Gasteiger partial charge on any atom is 0.223 e. The van der Waals surface area contributed by atoms with Gasteiger partial charge in [0.1, 0.15) is 5.75 Å². The van der Waals surface area contributed by atoms with E-state index in [9.17, 15) is 4.79 Å². The Balaban J connectivity index is 1.79. The second-order valence-electron chi connectivity index (χ2n) is 6.11. The summed E-state index contributed by atoms with van der Waals surface area (Å²) in [6, 6.07) is 18.1. The second-order valence-corrected chi connectivity index (χ2v) is 6.11. The summed E-state index contributed by atoms with van der Waals surface area (Å²) >= 11 is 0. The van der Waals surface area contributed by atoms with Gasteiger partial charge in [-0.3, -0.25) is 4.79 Å². The number of ether oxygens (including phenoxy) is 1. The number of para-hydroxylation sites is 1. The fraction of sp³-hybridized carbons (Fsp3) is 0.350. The van der Waals surface area contributed by atoms with E-state index in [0.717, 1.165) is 5.75 Å². The first-order chi connectivity index (χ1) is 11.6. The molecule has 1 amide bonds. The van der Waals surface area contributed by atoms with Crippen LogP contribution in [0, 0.1) is 6.92 Å². The molecule has 24 heavy (non-hydrogen) atoms. The molecule has 0 aliphatic carbocycles. The predicted octanol–water partition coefficient (Wildman–Crippen LogP) is 3.18. The van der Waals surface area contributed by atoms with Crippen LogP contribution in [0.15, 0.2) is 54.6 Å². The summed E-state index contributed by atoms with van der Waals surface area (Å²) in [5, 5.41) is 3.00. The van der Waals surface area contributed by atoms with Gasteiger partial charge < -0.3 is 15.0 Å². The third kappa shape index (κ3) is 5.70. The molecule has 0 spiro atoms. The van der Waals surface area contributed by atoms with Gasteiger partial charge in [0.2, 0.25) is 5.91 Å². The number of rotatable bonds is 8. The van der Waals surface area contributed by atoms with Crippen LogP contribution in [0.25, 0.3) is 0 Å². The van der Waals surface area contributed by atoms with Gasteiger partial charge in [-0.25, -0.2) is 0 Å². The molecular weight excluding hydrogens is 300 g/mol. The van der Waals surface area contributed by atoms with Gasteiger partial charge in [-0.2, -0.15) is 0 Å². The third-order valence-electron chi connectivity index (χ3n) is 3.92. The molecule has 0 saturated carbocycles. The molecule has 2 rings (SSSR count). The summed E-state index contributed by atoms with van der Waals surface area (Å²) in [6.45, 7) is 3.04. The molecule has 128 valence electrons. The van der Waals surface area contributed by atoms with Crippen LogP contribution >= 0.6 is 0 Å². The van der Waals surface area contributed by atoms with Gasteiger partial charge in [-0.1, -0.05) is 48.0 Å². The summed E-state index contributed by atoms with van der Waals surface area (Å²) in [7, 11) is 4.05. The van der Waals surface area contributed by atoms with Gasteiger partial charge in [0.05, 0.1) is 19.1 Å². The Morgan fingerprint density at radius 3 is 2.38 bits per heavy atom. The van der Waals surface area contributed by atoms with Crippen molar-refractivity contribution in [2.75, 3.05) is 27.2 Å². The van der Waals surface area contributed by atoms with Gasteiger partial charge in [0, 0.05) is 6.54 Å². The molecule has 0 aliphatic heterocycles. The van der Waals surface area contributed by atoms with E-state index in [1.807, 2.05) is 44.4 Å². The minimum Gasteiger partial charge on any atom is -0.493 e. The Labute approximate surface area is 144 Å². The van der Waals surface area contributed by atoms with E-state index in [4.69, 9.17) is 4.74 Å². The van der Waals surface area contributed by atoms with Gasteiger partial charge in [-0.05, 0) is 38.7 Å². The summed E-state index contributed by atoms with van der Waals surface area (Å²) < 4.78 is 5.56. The SMILES string of the molecule is Cc1ccc(C(CNC(=O)CCOc2ccccc2)N(C)C)cc1. The zero-order valence-corrected chi connectivity index (χ0v) is 14.7. The Kier molecular flexibility index (Phi) is 6.82. The number of hydrogen-bond donors (Lipinski definition) is 1. The van der Waals surface area contributed by atoms with Crippen molar-refractivity contribution in [3.05, 3.63) is 65.7 Å². The molecule has 0 heterocycles. The lowest BCUT2D eigenvalue weighted by atomic mass is 10.0. The molecule has 0 bridgehead atoms. The van der Waals surface area contributed by atoms with Crippen LogP contribution in [0.3, 0.4) is 0 Å². The Bertz CT molecular complexity index is 624. The zero-order chi connectivity index (χ0) is 17.4. The second kappa shape index (κ2) is 9.08. The number of nitrogens with zero attached hydrogens (tertiary/aromatic N) is 1. The number of amides is 1. The van der Waals surface area contributed by atoms with Crippen LogP contribution in [0.5, 0.6) is 5.75 Å². The molecule has 1 atom stereocenters. The molecule has 4 heteroatoms. The number of carbonyl (C=O) groups excluding carboxylic acids is 1. The topological polar surface area (TPSA) is 41.6 Å². The molecular formula is C20H26N2O2. The van der Waals surface area contributed by atoms with Crippen molar-refractivity contribution in [3.8, 4) is 5.75 Å². The fourth-order valence-electron chi connectivity index (χ4n) is 2.46. The van der Waals surface area contributed by atoms with E-state index in [0.29, 0.717) is 19.6 Å². The molecule has 0 fully saturated rings. The number of likely N-dealkylation sites (N-methyl/N-ethyl adjacent to an activating group) is 1. The average molecular weight is 326 g/mol. The quantitative estimate of drug-likeness (QED) is 0.810. The van der Waals surface area contributed by atoms with Crippen molar-refractivity contribution >= 4 is 5.91 Å². The normalized spacial score (nSPS) is 12.0. The van der Waals surface area contributed by atoms with Crippen molar-refractivity contribution in [1.29, 1.82) is 0 Å². The highest BCUT2D eigenvalue weighted by molar-refractivity contribution is 5.76. The van der Waals surface area contributed by atoms with Crippen LogP contribution in [-0.4, -0.2) is 38.1 Å². The van der Waals surface area contributed by atoms with E-state index >= 15 is 0 Å². The molecule has 0 saturated heterocycles. The van der Waals surface area contributed by atoms with Crippen molar-refractivity contribution in [1.82, 2.24) is 10.2 Å². The van der Waals surface area contributed by atoms with Crippen LogP contribution in [0.1, 0.15) is 23.6 Å². The molecule has 2 aromatic carbocycles. The van der Waals surface area contributed by atoms with Crippen LogP contribution in [0.4, 0.5) is 0 Å². The van der Waals surface area contributed by atoms with E-state index in [-0.39, 0.29) is 11.9 Å². The number of aryl methyl sites for hydroxylation is 1. The van der Waals surface area contributed by atoms with Crippen molar-refractivity contribution < 1.29 is 9.53 Å². The van der Waals surface area contributed by atoms with Crippen LogP contribution in [0.2, 0.25) is 0 Å². The Morgan fingerprint density at radius 1 is 1.08 bits per heavy atom. The molecule has 1 N–H and O–H groups in total. The first-order valence-corrected chi connectivity index (χ1v) is 8.24. The molecule has 0 radical (unpaired) electrons. The maximum atomic E-state index is 12.0. The summed E-state index contributed by atoms with van der Waals surface area (Å²) in [5.41, 5.74) is 2.43. The fourth-order valence-corrected chi connectivity index (χ4v) is 2.46. The van der Waals surface area contributed by atoms with Crippen molar-refractivity contribution in [3.63, 3.8) is 0 Å². The van der Waals surface area contributed by atoms with Gasteiger partial charge in [-0.15, -0.1) is 0 Å². The zero-order valence-electron chi connectivity index (χ0n) is 14.7. The standard InChI is InChI=1S/C20H26N2O2/c1-16-9-11-17(12-10-16)19(22(2)3)15-21-20(23)13-14-24-18-7-5-4-6-8-18/h4-12,19H,13-15H2,1-3H3,(H,21,23). The van der Waals surface area contributed by atoms with Crippen molar-refractivity contribution in [2.45, 2.75) is 19.4 Å². The maximum absolute atomic E-state index is 12.0. The van der Waals surface area contributed by atoms with Crippen LogP contribution in [-0.2, 0) is 4.79 Å². The highest BCUT2D eigenvalue weighted by Crippen LogP contribution is 2.18. The van der Waals surface area contributed by atoms with E-state index in [1.165, 1.54) is 11.1 Å². The first kappa shape index (κ1) is 18.0. The van der Waals surface area contributed by atoms with Crippen LogP contribution < -0.4 is 10.1 Å². The Hall–Kier alpha value is -2.33. The van der Waals surface area contributed by atoms with E-state index in [2.05, 4.69) is 41.4 Å². The largest absolute Gasteiger partial charge is 0.493 e. The van der Waals surface area contributed by atoms with Gasteiger partial charge in [0.25, 0.3) is 0 Å². The lowest BCUT2D eigenvalue weighted by Crippen LogP contribution is -2.35. The highest BCUT2D eigenvalue weighted by Gasteiger charge is 2.15. The minimum atomic E-state index is 0.00453. The van der Waals surface area contributed by atoms with Gasteiger partial charge >= 0.3 is 0 Å². The van der Waals surface area contributed by atoms with E-state index < -0.39 is 0 Å². The number of nitrogens with one attached hydrogen (secondary N) is 1. The number of carbonyl (C=O) groups is 1. The number of hydrogen-bond acceptors (Lipinski definition) is 3. The number of benzene rings is 2. The highest BCUT2D eigenvalue weighted by atomic mass is 16.5. The lowest BCUT2D eigenvalue weighted by Gasteiger charge is -2.25. The molecule has 1 unspecified atom stereocenters. The molecule has 0 aliphatic rings. The first-order valence-electron chi connectivity index (χ1n) is 8.24. The average Bonchev–Trinajstić information content (AvgIpc) is 2.57. The third-order valence-corrected chi connectivity index (χ3v) is 3.92. The Morgan fingerprint density at radius 2 is 1.75 bits per heavy atom. The molecule has 4 nitrogen and oxygen atoms in total. The van der Waals surface area contributed by atoms with Gasteiger partial charge in [0.15, 0.2) is 0 Å². The predicted molar refractivity (Wildman–Crippen MR) is 97.2 cm³/mol. The summed E-state index contributed by atoms with van der Waals surface area (Å²) in [6.07, 6.45) is 0.350. The van der Waals surface area contributed by atoms with Crippen molar-refractivity contribution in [2.24, 2.45) is 0 Å². The monoisotopic (exact) mass is 326 g/mol. The lowest BCUT2D eigenvalue weighted by molar-refractivity contribution is -0.121. The smallest absolute Gasteiger partial charge is 0.223 e.